The van der Waals surface area contributed by atoms with Gasteiger partial charge in [-0.1, -0.05) is 11.6 Å². The van der Waals surface area contributed by atoms with E-state index in [1.807, 2.05) is 12.1 Å². The predicted octanol–water partition coefficient (Wildman–Crippen LogP) is 2.77. The van der Waals surface area contributed by atoms with E-state index >= 15 is 0 Å². The van der Waals surface area contributed by atoms with Crippen molar-refractivity contribution in [3.63, 3.8) is 0 Å². The molecule has 0 unspecified atom stereocenters. The molecule has 21 heavy (non-hydrogen) atoms. The number of furan rings is 1. The monoisotopic (exact) mass is 326 g/mol. The first kappa shape index (κ1) is 15.6. The van der Waals surface area contributed by atoms with Crippen LogP contribution in [0.4, 0.5) is 0 Å². The van der Waals surface area contributed by atoms with Crippen LogP contribution < -0.4 is 5.32 Å². The third-order valence-corrected chi connectivity index (χ3v) is 4.03. The lowest BCUT2D eigenvalue weighted by atomic mass is 10.3. The molecule has 0 saturated heterocycles. The molecular formula is C14H15ClN2O3S. The van der Waals surface area contributed by atoms with Crippen LogP contribution in [0, 0.1) is 0 Å². The summed E-state index contributed by atoms with van der Waals surface area (Å²) in [4.78, 5) is 26.2. The molecule has 2 amide bonds. The van der Waals surface area contributed by atoms with Crippen molar-refractivity contribution >= 4 is 34.8 Å². The summed E-state index contributed by atoms with van der Waals surface area (Å²) < 4.78 is 5.67. The molecule has 0 saturated carbocycles. The van der Waals surface area contributed by atoms with Gasteiger partial charge < -0.3 is 14.6 Å². The molecule has 7 heteroatoms. The van der Waals surface area contributed by atoms with E-state index in [1.165, 1.54) is 17.6 Å². The molecule has 0 bridgehead atoms. The van der Waals surface area contributed by atoms with Gasteiger partial charge in [0, 0.05) is 24.9 Å². The van der Waals surface area contributed by atoms with E-state index in [0.717, 1.165) is 4.88 Å². The van der Waals surface area contributed by atoms with E-state index in [2.05, 4.69) is 5.32 Å². The molecule has 5 nitrogen and oxygen atoms in total. The highest BCUT2D eigenvalue weighted by Crippen LogP contribution is 2.22. The molecule has 0 atom stereocenters. The predicted molar refractivity (Wildman–Crippen MR) is 81.5 cm³/mol. The molecule has 0 aromatic carbocycles. The van der Waals surface area contributed by atoms with Gasteiger partial charge in [-0.3, -0.25) is 9.59 Å². The first-order valence-corrected chi connectivity index (χ1v) is 7.55. The molecule has 1 N–H and O–H groups in total. The van der Waals surface area contributed by atoms with Crippen molar-refractivity contribution in [3.8, 4) is 0 Å². The number of hydrogen-bond donors (Lipinski definition) is 1. The van der Waals surface area contributed by atoms with Crippen molar-refractivity contribution in [1.29, 1.82) is 0 Å². The van der Waals surface area contributed by atoms with Gasteiger partial charge in [-0.25, -0.2) is 0 Å². The Hall–Kier alpha value is -1.79. The van der Waals surface area contributed by atoms with E-state index in [-0.39, 0.29) is 30.5 Å². The molecule has 112 valence electrons. The van der Waals surface area contributed by atoms with Gasteiger partial charge in [0.05, 0.1) is 17.1 Å². The molecule has 0 aliphatic heterocycles. The molecule has 0 spiro atoms. The first-order valence-electron chi connectivity index (χ1n) is 6.36. The molecule has 0 fully saturated rings. The Morgan fingerprint density at radius 2 is 2.19 bits per heavy atom. The fraction of sp³-hybridized carbons (Fsp3) is 0.286. The van der Waals surface area contributed by atoms with Crippen LogP contribution in [0.5, 0.6) is 0 Å². The van der Waals surface area contributed by atoms with Gasteiger partial charge in [-0.15, -0.1) is 11.3 Å². The second-order valence-corrected chi connectivity index (χ2v) is 6.24. The van der Waals surface area contributed by atoms with Gasteiger partial charge in [0.2, 0.25) is 5.91 Å². The van der Waals surface area contributed by atoms with Gasteiger partial charge >= 0.3 is 0 Å². The quantitative estimate of drug-likeness (QED) is 0.887. The lowest BCUT2D eigenvalue weighted by Gasteiger charge is -2.16. The summed E-state index contributed by atoms with van der Waals surface area (Å²) in [7, 11) is 1.73. The number of amides is 2. The number of carbonyl (C=O) groups excluding carboxylic acids is 2. The Labute approximate surface area is 131 Å². The van der Waals surface area contributed by atoms with Crippen molar-refractivity contribution in [2.24, 2.45) is 0 Å². The Balaban J connectivity index is 1.72. The number of nitrogens with zero attached hydrogens (tertiary/aromatic N) is 1. The number of carbonyl (C=O) groups is 2. The summed E-state index contributed by atoms with van der Waals surface area (Å²) in [5.74, 6) is -0.121. The van der Waals surface area contributed by atoms with E-state index < -0.39 is 0 Å². The van der Waals surface area contributed by atoms with Crippen LogP contribution in [0.25, 0.3) is 0 Å². The zero-order chi connectivity index (χ0) is 15.2. The van der Waals surface area contributed by atoms with Crippen LogP contribution in [0.15, 0.2) is 34.9 Å². The molecule has 2 rings (SSSR count). The number of halogens is 1. The van der Waals surface area contributed by atoms with Crippen LogP contribution in [0.2, 0.25) is 4.34 Å². The summed E-state index contributed by atoms with van der Waals surface area (Å²) in [6, 6.07) is 6.92. The molecule has 2 aromatic heterocycles. The number of hydrogen-bond acceptors (Lipinski definition) is 4. The zero-order valence-electron chi connectivity index (χ0n) is 11.5. The van der Waals surface area contributed by atoms with Gasteiger partial charge in [0.25, 0.3) is 5.91 Å². The highest BCUT2D eigenvalue weighted by molar-refractivity contribution is 7.16. The molecule has 0 aliphatic carbocycles. The van der Waals surface area contributed by atoms with E-state index in [1.54, 1.807) is 24.1 Å². The molecular weight excluding hydrogens is 312 g/mol. The van der Waals surface area contributed by atoms with Crippen LogP contribution in [-0.4, -0.2) is 30.3 Å². The molecule has 0 radical (unpaired) electrons. The molecule has 0 aliphatic rings. The minimum atomic E-state index is -0.319. The van der Waals surface area contributed by atoms with Crippen LogP contribution in [-0.2, 0) is 11.3 Å². The summed E-state index contributed by atoms with van der Waals surface area (Å²) in [6.07, 6.45) is 1.67. The summed E-state index contributed by atoms with van der Waals surface area (Å²) >= 11 is 7.30. The Morgan fingerprint density at radius 1 is 1.38 bits per heavy atom. The third-order valence-electron chi connectivity index (χ3n) is 2.82. The van der Waals surface area contributed by atoms with Gasteiger partial charge in [-0.05, 0) is 24.3 Å². The van der Waals surface area contributed by atoms with Crippen molar-refractivity contribution in [3.05, 3.63) is 45.5 Å². The Bertz CT molecular complexity index is 610. The highest BCUT2D eigenvalue weighted by Gasteiger charge is 2.12. The van der Waals surface area contributed by atoms with Crippen LogP contribution in [0.1, 0.15) is 21.9 Å². The van der Waals surface area contributed by atoms with Crippen molar-refractivity contribution in [2.45, 2.75) is 13.0 Å². The maximum atomic E-state index is 11.9. The topological polar surface area (TPSA) is 62.6 Å². The van der Waals surface area contributed by atoms with Crippen LogP contribution in [0.3, 0.4) is 0 Å². The summed E-state index contributed by atoms with van der Waals surface area (Å²) in [6.45, 7) is 0.788. The standard InChI is InChI=1S/C14H15ClN2O3S/c1-17(9-10-4-5-12(15)21-10)13(18)6-7-16-14(19)11-3-2-8-20-11/h2-5,8H,6-7,9H2,1H3,(H,16,19). The van der Waals surface area contributed by atoms with E-state index in [9.17, 15) is 9.59 Å². The zero-order valence-corrected chi connectivity index (χ0v) is 13.0. The van der Waals surface area contributed by atoms with E-state index in [4.69, 9.17) is 16.0 Å². The second-order valence-electron chi connectivity index (χ2n) is 4.44. The van der Waals surface area contributed by atoms with Gasteiger partial charge in [0.15, 0.2) is 5.76 Å². The minimum absolute atomic E-state index is 0.0423. The largest absolute Gasteiger partial charge is 0.459 e. The summed E-state index contributed by atoms with van der Waals surface area (Å²) in [5.41, 5.74) is 0. The fourth-order valence-electron chi connectivity index (χ4n) is 1.73. The molecule has 2 aromatic rings. The van der Waals surface area contributed by atoms with Crippen molar-refractivity contribution < 1.29 is 14.0 Å². The summed E-state index contributed by atoms with van der Waals surface area (Å²) in [5, 5.41) is 2.64. The first-order chi connectivity index (χ1) is 10.1. The third kappa shape index (κ3) is 4.61. The van der Waals surface area contributed by atoms with Gasteiger partial charge in [0.1, 0.15) is 0 Å². The lowest BCUT2D eigenvalue weighted by molar-refractivity contribution is -0.130. The number of nitrogens with one attached hydrogen (secondary N) is 1. The van der Waals surface area contributed by atoms with Crippen molar-refractivity contribution in [1.82, 2.24) is 10.2 Å². The maximum absolute atomic E-state index is 11.9. The highest BCUT2D eigenvalue weighted by atomic mass is 35.5. The number of thiophene rings is 1. The van der Waals surface area contributed by atoms with Gasteiger partial charge in [-0.2, -0.15) is 0 Å². The van der Waals surface area contributed by atoms with Crippen LogP contribution >= 0.6 is 22.9 Å². The maximum Gasteiger partial charge on any atom is 0.286 e. The Morgan fingerprint density at radius 3 is 2.81 bits per heavy atom. The average molecular weight is 327 g/mol. The lowest BCUT2D eigenvalue weighted by Crippen LogP contribution is -2.31. The smallest absolute Gasteiger partial charge is 0.286 e. The second kappa shape index (κ2) is 7.28. The SMILES string of the molecule is CN(Cc1ccc(Cl)s1)C(=O)CCNC(=O)c1ccco1. The van der Waals surface area contributed by atoms with Crippen molar-refractivity contribution in [2.75, 3.05) is 13.6 Å². The minimum Gasteiger partial charge on any atom is -0.459 e. The average Bonchev–Trinajstić information content (AvgIpc) is 3.10. The molecule has 2 heterocycles. The normalized spacial score (nSPS) is 10.4. The number of rotatable bonds is 6. The van der Waals surface area contributed by atoms with E-state index in [0.29, 0.717) is 10.9 Å². The fourth-order valence-corrected chi connectivity index (χ4v) is 2.87. The Kier molecular flexibility index (Phi) is 5.41.